The van der Waals surface area contributed by atoms with Crippen molar-refractivity contribution >= 4 is 5.91 Å². The van der Waals surface area contributed by atoms with Crippen molar-refractivity contribution in [3.8, 4) is 0 Å². The molecule has 2 heterocycles. The molecule has 1 N–H and O–H groups in total. The number of hydrogen-bond donors (Lipinski definition) is 1. The van der Waals surface area contributed by atoms with Gasteiger partial charge in [-0.25, -0.2) is 4.98 Å². The van der Waals surface area contributed by atoms with Gasteiger partial charge in [-0.2, -0.15) is 0 Å². The smallest absolute Gasteiger partial charge is 0.222 e. The van der Waals surface area contributed by atoms with Gasteiger partial charge in [-0.1, -0.05) is 0 Å². The van der Waals surface area contributed by atoms with E-state index in [-0.39, 0.29) is 0 Å². The maximum atomic E-state index is 12.2. The quantitative estimate of drug-likeness (QED) is 0.839. The lowest BCUT2D eigenvalue weighted by Crippen LogP contribution is -2.40. The normalized spacial score (nSPS) is 19.1. The molecule has 1 saturated heterocycles. The second-order valence-corrected chi connectivity index (χ2v) is 5.21. The van der Waals surface area contributed by atoms with Crippen LogP contribution in [0.15, 0.2) is 12.4 Å². The molecule has 2 rings (SSSR count). The molecule has 0 saturated carbocycles. The molecule has 1 aliphatic rings. The van der Waals surface area contributed by atoms with Crippen molar-refractivity contribution < 1.29 is 4.79 Å². The number of aromatic nitrogens is 2. The van der Waals surface area contributed by atoms with E-state index >= 15 is 0 Å². The summed E-state index contributed by atoms with van der Waals surface area (Å²) in [6.07, 6.45) is 7.57. The summed E-state index contributed by atoms with van der Waals surface area (Å²) >= 11 is 0. The van der Waals surface area contributed by atoms with Crippen LogP contribution >= 0.6 is 0 Å². The topological polar surface area (TPSA) is 50.2 Å². The van der Waals surface area contributed by atoms with E-state index in [9.17, 15) is 4.79 Å². The van der Waals surface area contributed by atoms with Gasteiger partial charge in [0.1, 0.15) is 5.82 Å². The molecule has 1 aliphatic heterocycles. The van der Waals surface area contributed by atoms with Crippen molar-refractivity contribution in [3.63, 3.8) is 0 Å². The molecule has 106 valence electrons. The summed E-state index contributed by atoms with van der Waals surface area (Å²) in [4.78, 5) is 18.5. The Labute approximate surface area is 115 Å². The number of nitrogens with one attached hydrogen (secondary N) is 1. The number of imidazole rings is 1. The number of likely N-dealkylation sites (N-methyl/N-ethyl adjacent to an activating group) is 1. The first-order valence-electron chi connectivity index (χ1n) is 7.14. The van der Waals surface area contributed by atoms with Crippen molar-refractivity contribution in [1.82, 2.24) is 19.8 Å². The van der Waals surface area contributed by atoms with Crippen LogP contribution in [0.5, 0.6) is 0 Å². The second kappa shape index (κ2) is 6.70. The van der Waals surface area contributed by atoms with Crippen LogP contribution in [-0.4, -0.2) is 46.5 Å². The van der Waals surface area contributed by atoms with E-state index in [0.29, 0.717) is 18.4 Å². The number of carbonyl (C=O) groups is 1. The van der Waals surface area contributed by atoms with Crippen LogP contribution < -0.4 is 5.32 Å². The molecule has 1 amide bonds. The van der Waals surface area contributed by atoms with Crippen LogP contribution in [-0.2, 0) is 11.3 Å². The number of hydrogen-bond acceptors (Lipinski definition) is 3. The molecule has 0 aromatic carbocycles. The van der Waals surface area contributed by atoms with Gasteiger partial charge in [0.05, 0.1) is 0 Å². The highest BCUT2D eigenvalue weighted by molar-refractivity contribution is 5.76. The lowest BCUT2D eigenvalue weighted by atomic mass is 10.2. The van der Waals surface area contributed by atoms with Gasteiger partial charge in [0.15, 0.2) is 0 Å². The molecule has 1 aromatic rings. The van der Waals surface area contributed by atoms with Gasteiger partial charge >= 0.3 is 0 Å². The van der Waals surface area contributed by atoms with E-state index in [4.69, 9.17) is 0 Å². The predicted molar refractivity (Wildman–Crippen MR) is 74.9 cm³/mol. The number of likely N-dealkylation sites (tertiary alicyclic amines) is 1. The zero-order valence-corrected chi connectivity index (χ0v) is 11.9. The van der Waals surface area contributed by atoms with Crippen molar-refractivity contribution in [2.75, 3.05) is 20.1 Å². The number of aryl methyl sites for hydroxylation is 2. The molecular weight excluding hydrogens is 240 g/mol. The van der Waals surface area contributed by atoms with Crippen molar-refractivity contribution in [2.24, 2.45) is 0 Å². The fourth-order valence-electron chi connectivity index (χ4n) is 2.80. The zero-order valence-electron chi connectivity index (χ0n) is 11.9. The fraction of sp³-hybridized carbons (Fsp3) is 0.714. The molecule has 0 radical (unpaired) electrons. The molecule has 5 nitrogen and oxygen atoms in total. The van der Waals surface area contributed by atoms with Crippen LogP contribution in [0.1, 0.15) is 31.5 Å². The SMILES string of the molecule is CNC[C@@H]1CCCN1C(=O)CCCn1ccnc1C. The number of nitrogens with zero attached hydrogens (tertiary/aromatic N) is 3. The van der Waals surface area contributed by atoms with Crippen LogP contribution in [0.4, 0.5) is 0 Å². The average Bonchev–Trinajstić information content (AvgIpc) is 3.00. The minimum absolute atomic E-state index is 0.301. The average molecular weight is 264 g/mol. The largest absolute Gasteiger partial charge is 0.338 e. The van der Waals surface area contributed by atoms with Crippen molar-refractivity contribution in [3.05, 3.63) is 18.2 Å². The third-order valence-corrected chi connectivity index (χ3v) is 3.85. The molecule has 0 bridgehead atoms. The van der Waals surface area contributed by atoms with Gasteiger partial charge in [-0.05, 0) is 33.2 Å². The first-order chi connectivity index (χ1) is 9.22. The standard InChI is InChI=1S/C14H24N4O/c1-12-16-7-10-17(12)8-4-6-14(19)18-9-3-5-13(18)11-15-2/h7,10,13,15H,3-6,8-9,11H2,1-2H3/t13-/m0/s1. The molecule has 19 heavy (non-hydrogen) atoms. The lowest BCUT2D eigenvalue weighted by Gasteiger charge is -2.24. The van der Waals surface area contributed by atoms with E-state index in [2.05, 4.69) is 19.8 Å². The Kier molecular flexibility index (Phi) is 4.96. The van der Waals surface area contributed by atoms with E-state index in [1.165, 1.54) is 0 Å². The summed E-state index contributed by atoms with van der Waals surface area (Å²) in [6.45, 7) is 4.70. The molecule has 1 aromatic heterocycles. The Balaban J connectivity index is 1.76. The van der Waals surface area contributed by atoms with Gasteiger partial charge in [0.2, 0.25) is 5.91 Å². The first-order valence-corrected chi connectivity index (χ1v) is 7.14. The monoisotopic (exact) mass is 264 g/mol. The number of carbonyl (C=O) groups excluding carboxylic acids is 1. The Morgan fingerprint density at radius 1 is 1.58 bits per heavy atom. The Bertz CT molecular complexity index is 415. The maximum absolute atomic E-state index is 12.2. The van der Waals surface area contributed by atoms with Gasteiger partial charge < -0.3 is 14.8 Å². The summed E-state index contributed by atoms with van der Waals surface area (Å²) in [5.41, 5.74) is 0. The van der Waals surface area contributed by atoms with Crippen LogP contribution in [0, 0.1) is 6.92 Å². The number of rotatable bonds is 6. The molecule has 0 unspecified atom stereocenters. The summed E-state index contributed by atoms with van der Waals surface area (Å²) in [5, 5.41) is 3.17. The maximum Gasteiger partial charge on any atom is 0.222 e. The van der Waals surface area contributed by atoms with E-state index in [1.54, 1.807) is 6.20 Å². The van der Waals surface area contributed by atoms with Gasteiger partial charge in [-0.15, -0.1) is 0 Å². The highest BCUT2D eigenvalue weighted by Gasteiger charge is 2.27. The van der Waals surface area contributed by atoms with Gasteiger partial charge in [0, 0.05) is 44.5 Å². The third-order valence-electron chi connectivity index (χ3n) is 3.85. The Morgan fingerprint density at radius 2 is 2.42 bits per heavy atom. The van der Waals surface area contributed by atoms with E-state index in [0.717, 1.165) is 44.7 Å². The predicted octanol–water partition coefficient (Wildman–Crippen LogP) is 1.18. The number of amides is 1. The highest BCUT2D eigenvalue weighted by atomic mass is 16.2. The fourth-order valence-corrected chi connectivity index (χ4v) is 2.80. The molecule has 0 aliphatic carbocycles. The minimum atomic E-state index is 0.301. The summed E-state index contributed by atoms with van der Waals surface area (Å²) in [6, 6.07) is 0.396. The van der Waals surface area contributed by atoms with Crippen LogP contribution in [0.25, 0.3) is 0 Å². The van der Waals surface area contributed by atoms with Crippen molar-refractivity contribution in [2.45, 2.75) is 45.2 Å². The first kappa shape index (κ1) is 14.1. The summed E-state index contributed by atoms with van der Waals surface area (Å²) in [5.74, 6) is 1.32. The second-order valence-electron chi connectivity index (χ2n) is 5.21. The summed E-state index contributed by atoms with van der Waals surface area (Å²) in [7, 11) is 1.95. The molecule has 1 atom stereocenters. The molecule has 0 spiro atoms. The van der Waals surface area contributed by atoms with E-state index in [1.807, 2.05) is 20.2 Å². The summed E-state index contributed by atoms with van der Waals surface area (Å²) < 4.78 is 2.10. The van der Waals surface area contributed by atoms with Crippen LogP contribution in [0.2, 0.25) is 0 Å². The third kappa shape index (κ3) is 3.56. The zero-order chi connectivity index (χ0) is 13.7. The van der Waals surface area contributed by atoms with Gasteiger partial charge in [0.25, 0.3) is 0 Å². The van der Waals surface area contributed by atoms with E-state index < -0.39 is 0 Å². The lowest BCUT2D eigenvalue weighted by molar-refractivity contribution is -0.132. The Hall–Kier alpha value is -1.36. The molecule has 5 heteroatoms. The van der Waals surface area contributed by atoms with Crippen LogP contribution in [0.3, 0.4) is 0 Å². The Morgan fingerprint density at radius 3 is 3.11 bits per heavy atom. The molecule has 1 fully saturated rings. The molecular formula is C14H24N4O. The van der Waals surface area contributed by atoms with Crippen molar-refractivity contribution in [1.29, 1.82) is 0 Å². The highest BCUT2D eigenvalue weighted by Crippen LogP contribution is 2.18. The minimum Gasteiger partial charge on any atom is -0.338 e. The van der Waals surface area contributed by atoms with Gasteiger partial charge in [-0.3, -0.25) is 4.79 Å².